The zero-order valence-electron chi connectivity index (χ0n) is 14.3. The second kappa shape index (κ2) is 7.13. The van der Waals surface area contributed by atoms with Gasteiger partial charge in [-0.05, 0) is 23.8 Å². The van der Waals surface area contributed by atoms with Crippen molar-refractivity contribution in [3.63, 3.8) is 0 Å². The molecule has 1 aromatic heterocycles. The van der Waals surface area contributed by atoms with Gasteiger partial charge in [-0.25, -0.2) is 0 Å². The molecule has 1 aliphatic rings. The minimum absolute atomic E-state index is 0.00654. The molecule has 128 valence electrons. The zero-order chi connectivity index (χ0) is 17.1. The fraction of sp³-hybridized carbons (Fsp3) is 0.238. The molecule has 2 heterocycles. The van der Waals surface area contributed by atoms with E-state index in [1.54, 1.807) is 7.11 Å². The number of benzene rings is 2. The predicted octanol–water partition coefficient (Wildman–Crippen LogP) is 4.02. The molecule has 2 aromatic carbocycles. The number of hydrogen-bond acceptors (Lipinski definition) is 3. The lowest BCUT2D eigenvalue weighted by molar-refractivity contribution is 0.0288. The third kappa shape index (κ3) is 3.45. The second-order valence-electron chi connectivity index (χ2n) is 6.23. The van der Waals surface area contributed by atoms with Crippen LogP contribution in [0, 0.1) is 0 Å². The number of methoxy groups -OCH3 is 1. The molecule has 0 spiro atoms. The Labute approximate surface area is 148 Å². The van der Waals surface area contributed by atoms with Crippen molar-refractivity contribution in [1.82, 2.24) is 9.47 Å². The van der Waals surface area contributed by atoms with E-state index in [4.69, 9.17) is 9.47 Å². The van der Waals surface area contributed by atoms with Crippen molar-refractivity contribution in [2.75, 3.05) is 20.3 Å². The van der Waals surface area contributed by atoms with Crippen molar-refractivity contribution in [2.24, 2.45) is 0 Å². The van der Waals surface area contributed by atoms with Gasteiger partial charge in [0.05, 0.1) is 13.7 Å². The Kier molecular flexibility index (Phi) is 4.55. The summed E-state index contributed by atoms with van der Waals surface area (Å²) in [6, 6.07) is 20.7. The fourth-order valence-electron chi connectivity index (χ4n) is 3.28. The zero-order valence-corrected chi connectivity index (χ0v) is 14.3. The molecule has 0 radical (unpaired) electrons. The van der Waals surface area contributed by atoms with Crippen LogP contribution in [0.2, 0.25) is 0 Å². The molecular weight excluding hydrogens is 312 g/mol. The Bertz CT molecular complexity index is 829. The topological polar surface area (TPSA) is 26.6 Å². The Morgan fingerprint density at radius 2 is 1.96 bits per heavy atom. The Hall–Kier alpha value is -2.56. The molecule has 0 amide bonds. The van der Waals surface area contributed by atoms with Crippen LogP contribution in [0.3, 0.4) is 0 Å². The average molecular weight is 334 g/mol. The third-order valence-corrected chi connectivity index (χ3v) is 4.57. The van der Waals surface area contributed by atoms with Gasteiger partial charge in [-0.2, -0.15) is 0 Å². The van der Waals surface area contributed by atoms with Gasteiger partial charge in [-0.3, -0.25) is 4.90 Å². The molecule has 0 N–H and O–H groups in total. The first kappa shape index (κ1) is 15.9. The molecule has 4 nitrogen and oxygen atoms in total. The summed E-state index contributed by atoms with van der Waals surface area (Å²) in [5.74, 6) is 0.857. The third-order valence-electron chi connectivity index (χ3n) is 4.57. The van der Waals surface area contributed by atoms with Gasteiger partial charge < -0.3 is 14.0 Å². The molecule has 0 bridgehead atoms. The van der Waals surface area contributed by atoms with Crippen molar-refractivity contribution in [3.8, 4) is 11.4 Å². The largest absolute Gasteiger partial charge is 0.497 e. The van der Waals surface area contributed by atoms with Crippen LogP contribution < -0.4 is 4.74 Å². The molecule has 0 aliphatic carbocycles. The number of ether oxygens (including phenoxy) is 2. The van der Waals surface area contributed by atoms with E-state index in [0.717, 1.165) is 31.1 Å². The summed E-state index contributed by atoms with van der Waals surface area (Å²) in [6.07, 6.45) is 4.22. The maximum atomic E-state index is 6.01. The van der Waals surface area contributed by atoms with Crippen molar-refractivity contribution >= 4 is 0 Å². The SMILES string of the molecule is COc1cccc(-n2ccc(C3OCCN3Cc3ccccc3)c2)c1. The molecule has 1 saturated heterocycles. The fourth-order valence-corrected chi connectivity index (χ4v) is 3.28. The number of hydrogen-bond donors (Lipinski definition) is 0. The minimum atomic E-state index is 0.00654. The average Bonchev–Trinajstić information content (AvgIpc) is 3.32. The molecule has 3 aromatic rings. The van der Waals surface area contributed by atoms with E-state index in [-0.39, 0.29) is 6.23 Å². The summed E-state index contributed by atoms with van der Waals surface area (Å²) in [5.41, 5.74) is 3.57. The smallest absolute Gasteiger partial charge is 0.138 e. The summed E-state index contributed by atoms with van der Waals surface area (Å²) < 4.78 is 13.4. The number of rotatable bonds is 5. The highest BCUT2D eigenvalue weighted by Crippen LogP contribution is 2.29. The minimum Gasteiger partial charge on any atom is -0.497 e. The van der Waals surface area contributed by atoms with Crippen LogP contribution in [0.25, 0.3) is 5.69 Å². The standard InChI is InChI=1S/C21H22N2O2/c1-24-20-9-5-8-19(14-20)22-11-10-18(16-22)21-23(12-13-25-21)15-17-6-3-2-4-7-17/h2-11,14,16,21H,12-13,15H2,1H3. The van der Waals surface area contributed by atoms with E-state index < -0.39 is 0 Å². The Morgan fingerprint density at radius 3 is 2.80 bits per heavy atom. The van der Waals surface area contributed by atoms with Crippen LogP contribution in [-0.4, -0.2) is 29.7 Å². The molecule has 1 aliphatic heterocycles. The van der Waals surface area contributed by atoms with E-state index in [1.165, 1.54) is 11.1 Å². The summed E-state index contributed by atoms with van der Waals surface area (Å²) in [4.78, 5) is 2.38. The molecule has 0 saturated carbocycles. The highest BCUT2D eigenvalue weighted by atomic mass is 16.5. The molecule has 1 atom stereocenters. The van der Waals surface area contributed by atoms with Crippen molar-refractivity contribution in [3.05, 3.63) is 84.2 Å². The summed E-state index contributed by atoms with van der Waals surface area (Å²) in [6.45, 7) is 2.61. The van der Waals surface area contributed by atoms with Crippen molar-refractivity contribution < 1.29 is 9.47 Å². The number of nitrogens with zero attached hydrogens (tertiary/aromatic N) is 2. The van der Waals surface area contributed by atoms with Gasteiger partial charge in [0.25, 0.3) is 0 Å². The van der Waals surface area contributed by atoms with E-state index in [1.807, 2.05) is 18.2 Å². The van der Waals surface area contributed by atoms with E-state index in [0.29, 0.717) is 0 Å². The van der Waals surface area contributed by atoms with Gasteiger partial charge in [-0.15, -0.1) is 0 Å². The lowest BCUT2D eigenvalue weighted by Gasteiger charge is -2.22. The van der Waals surface area contributed by atoms with Gasteiger partial charge >= 0.3 is 0 Å². The predicted molar refractivity (Wildman–Crippen MR) is 97.9 cm³/mol. The Balaban J connectivity index is 1.54. The highest BCUT2D eigenvalue weighted by molar-refractivity contribution is 5.40. The van der Waals surface area contributed by atoms with Gasteiger partial charge in [0, 0.05) is 42.8 Å². The maximum Gasteiger partial charge on any atom is 0.138 e. The molecule has 25 heavy (non-hydrogen) atoms. The maximum absolute atomic E-state index is 6.01. The molecular formula is C21H22N2O2. The molecule has 1 fully saturated rings. The first-order chi connectivity index (χ1) is 12.3. The summed E-state index contributed by atoms with van der Waals surface area (Å²) in [5, 5.41) is 0. The van der Waals surface area contributed by atoms with Crippen LogP contribution in [-0.2, 0) is 11.3 Å². The normalized spacial score (nSPS) is 17.7. The highest BCUT2D eigenvalue weighted by Gasteiger charge is 2.27. The molecule has 4 heteroatoms. The Morgan fingerprint density at radius 1 is 1.08 bits per heavy atom. The first-order valence-electron chi connectivity index (χ1n) is 8.55. The number of aromatic nitrogens is 1. The monoisotopic (exact) mass is 334 g/mol. The van der Waals surface area contributed by atoms with E-state index in [2.05, 4.69) is 64.3 Å². The second-order valence-corrected chi connectivity index (χ2v) is 6.23. The first-order valence-corrected chi connectivity index (χ1v) is 8.55. The molecule has 1 unspecified atom stereocenters. The van der Waals surface area contributed by atoms with Gasteiger partial charge in [0.2, 0.25) is 0 Å². The van der Waals surface area contributed by atoms with Crippen LogP contribution in [0.15, 0.2) is 73.1 Å². The lowest BCUT2D eigenvalue weighted by Crippen LogP contribution is -2.23. The molecule has 4 rings (SSSR count). The summed E-state index contributed by atoms with van der Waals surface area (Å²) >= 11 is 0. The van der Waals surface area contributed by atoms with Gasteiger partial charge in [0.15, 0.2) is 0 Å². The van der Waals surface area contributed by atoms with Gasteiger partial charge in [0.1, 0.15) is 12.0 Å². The van der Waals surface area contributed by atoms with Crippen LogP contribution in [0.4, 0.5) is 0 Å². The van der Waals surface area contributed by atoms with Crippen LogP contribution in [0.1, 0.15) is 17.4 Å². The quantitative estimate of drug-likeness (QED) is 0.705. The van der Waals surface area contributed by atoms with Crippen molar-refractivity contribution in [1.29, 1.82) is 0 Å². The lowest BCUT2D eigenvalue weighted by atomic mass is 10.2. The van der Waals surface area contributed by atoms with Crippen LogP contribution >= 0.6 is 0 Å². The van der Waals surface area contributed by atoms with Crippen LogP contribution in [0.5, 0.6) is 5.75 Å². The van der Waals surface area contributed by atoms with E-state index in [9.17, 15) is 0 Å². The van der Waals surface area contributed by atoms with E-state index >= 15 is 0 Å². The van der Waals surface area contributed by atoms with Gasteiger partial charge in [-0.1, -0.05) is 36.4 Å². The van der Waals surface area contributed by atoms with Crippen molar-refractivity contribution in [2.45, 2.75) is 12.8 Å². The summed E-state index contributed by atoms with van der Waals surface area (Å²) in [7, 11) is 1.69.